The van der Waals surface area contributed by atoms with Crippen molar-refractivity contribution in [3.05, 3.63) is 29.8 Å². The molecule has 1 aliphatic rings. The largest absolute Gasteiger partial charge is 0.394 e. The van der Waals surface area contributed by atoms with Gasteiger partial charge in [0.25, 0.3) is 10.1 Å². The van der Waals surface area contributed by atoms with E-state index >= 15 is 0 Å². The summed E-state index contributed by atoms with van der Waals surface area (Å²) >= 11 is 0. The predicted octanol–water partition coefficient (Wildman–Crippen LogP) is -0.684. The van der Waals surface area contributed by atoms with Crippen molar-refractivity contribution in [2.24, 2.45) is 0 Å². The molecule has 0 aromatic heterocycles. The molecule has 1 fully saturated rings. The van der Waals surface area contributed by atoms with E-state index in [2.05, 4.69) is 0 Å². The van der Waals surface area contributed by atoms with E-state index in [4.69, 9.17) is 21.9 Å². The molecule has 108 valence electrons. The van der Waals surface area contributed by atoms with E-state index in [0.29, 0.717) is 0 Å². The van der Waals surface area contributed by atoms with Crippen LogP contribution in [0.1, 0.15) is 5.56 Å². The second-order valence-corrected chi connectivity index (χ2v) is 6.21. The summed E-state index contributed by atoms with van der Waals surface area (Å²) in [5.41, 5.74) is 0.908. The van der Waals surface area contributed by atoms with Gasteiger partial charge in [0.2, 0.25) is 0 Å². The van der Waals surface area contributed by atoms with Crippen molar-refractivity contribution in [1.29, 1.82) is 0 Å². The highest BCUT2D eigenvalue weighted by Gasteiger charge is 2.44. The lowest BCUT2D eigenvalue weighted by Gasteiger charge is -2.18. The first-order chi connectivity index (χ1) is 9.35. The zero-order valence-corrected chi connectivity index (χ0v) is 11.7. The van der Waals surface area contributed by atoms with E-state index in [-0.39, 0.29) is 4.90 Å². The lowest BCUT2D eigenvalue weighted by Crippen LogP contribution is -2.38. The van der Waals surface area contributed by atoms with Crippen LogP contribution >= 0.6 is 0 Å². The minimum Gasteiger partial charge on any atom is -0.394 e. The normalized spacial score (nSPS) is 30.6. The molecule has 20 heavy (non-hydrogen) atoms. The maximum Gasteiger partial charge on any atom is 0.297 e. The third-order valence-corrected chi connectivity index (χ3v) is 4.43. The third kappa shape index (κ3) is 3.04. The molecule has 0 saturated carbocycles. The second-order valence-electron chi connectivity index (χ2n) is 4.64. The van der Waals surface area contributed by atoms with Gasteiger partial charge < -0.3 is 14.9 Å². The molecule has 6 nitrogen and oxygen atoms in total. The van der Waals surface area contributed by atoms with Gasteiger partial charge in [-0.3, -0.25) is 4.18 Å². The standard InChI is InChI=1S/C12H15BO6S/c1-7-2-4-8(5-3-7)20(16,17)19-11-10(15)9(6-14)18-12(11)13/h2-5,9-12,14-15H,6H2,1H3. The highest BCUT2D eigenvalue weighted by molar-refractivity contribution is 7.86. The van der Waals surface area contributed by atoms with E-state index in [0.717, 1.165) is 5.56 Å². The number of hydrogen-bond acceptors (Lipinski definition) is 6. The predicted molar refractivity (Wildman–Crippen MR) is 70.7 cm³/mol. The van der Waals surface area contributed by atoms with Crippen molar-refractivity contribution in [2.45, 2.75) is 36.1 Å². The van der Waals surface area contributed by atoms with Gasteiger partial charge in [-0.1, -0.05) is 17.7 Å². The molecule has 2 radical (unpaired) electrons. The quantitative estimate of drug-likeness (QED) is 0.565. The minimum absolute atomic E-state index is 0.0325. The van der Waals surface area contributed by atoms with Crippen LogP contribution in [0, 0.1) is 6.92 Å². The number of aliphatic hydroxyl groups is 2. The molecule has 0 amide bonds. The lowest BCUT2D eigenvalue weighted by molar-refractivity contribution is -0.00711. The average molecular weight is 298 g/mol. The van der Waals surface area contributed by atoms with Gasteiger partial charge in [-0.25, -0.2) is 0 Å². The summed E-state index contributed by atoms with van der Waals surface area (Å²) in [6, 6.07) is 4.95. The Labute approximate surface area is 118 Å². The smallest absolute Gasteiger partial charge is 0.297 e. The fourth-order valence-electron chi connectivity index (χ4n) is 1.94. The van der Waals surface area contributed by atoms with Crippen LogP contribution in [-0.2, 0) is 19.0 Å². The van der Waals surface area contributed by atoms with Crippen molar-refractivity contribution in [3.8, 4) is 0 Å². The second kappa shape index (κ2) is 5.83. The number of benzene rings is 1. The molecular weight excluding hydrogens is 283 g/mol. The molecule has 1 heterocycles. The molecular formula is C12H15BO6S. The molecule has 4 unspecified atom stereocenters. The van der Waals surface area contributed by atoms with E-state index in [1.807, 2.05) is 6.92 Å². The van der Waals surface area contributed by atoms with Gasteiger partial charge in [0.15, 0.2) is 0 Å². The topological polar surface area (TPSA) is 93.1 Å². The summed E-state index contributed by atoms with van der Waals surface area (Å²) in [6.07, 6.45) is -3.52. The molecule has 0 aliphatic carbocycles. The number of hydrogen-bond donors (Lipinski definition) is 2. The maximum absolute atomic E-state index is 12.1. The Kier molecular flexibility index (Phi) is 4.50. The fraction of sp³-hybridized carbons (Fsp3) is 0.500. The number of aliphatic hydroxyl groups excluding tert-OH is 2. The van der Waals surface area contributed by atoms with E-state index in [9.17, 15) is 13.5 Å². The van der Waals surface area contributed by atoms with E-state index in [1.165, 1.54) is 12.1 Å². The summed E-state index contributed by atoms with van der Waals surface area (Å²) in [4.78, 5) is -0.0325. The van der Waals surface area contributed by atoms with Crippen LogP contribution < -0.4 is 0 Å². The van der Waals surface area contributed by atoms with Gasteiger partial charge >= 0.3 is 0 Å². The van der Waals surface area contributed by atoms with Crippen LogP contribution in [-0.4, -0.2) is 57.4 Å². The highest BCUT2D eigenvalue weighted by atomic mass is 32.2. The minimum atomic E-state index is -4.06. The molecule has 1 aromatic rings. The molecule has 1 aliphatic heterocycles. The Morgan fingerprint density at radius 1 is 1.35 bits per heavy atom. The molecule has 2 rings (SSSR count). The van der Waals surface area contributed by atoms with Crippen molar-refractivity contribution in [1.82, 2.24) is 0 Å². The molecule has 8 heteroatoms. The van der Waals surface area contributed by atoms with Crippen LogP contribution in [0.5, 0.6) is 0 Å². The van der Waals surface area contributed by atoms with Crippen molar-refractivity contribution < 1.29 is 27.6 Å². The van der Waals surface area contributed by atoms with Crippen LogP contribution in [0.2, 0.25) is 0 Å². The summed E-state index contributed by atoms with van der Waals surface area (Å²) in [5, 5.41) is 18.8. The Bertz CT molecular complexity index is 558. The summed E-state index contributed by atoms with van der Waals surface area (Å²) in [5.74, 6) is 0. The Morgan fingerprint density at radius 3 is 2.45 bits per heavy atom. The van der Waals surface area contributed by atoms with Crippen molar-refractivity contribution >= 4 is 18.0 Å². The Hall–Kier alpha value is -0.925. The van der Waals surface area contributed by atoms with Gasteiger partial charge in [0.05, 0.1) is 11.5 Å². The zero-order valence-electron chi connectivity index (χ0n) is 10.8. The van der Waals surface area contributed by atoms with Gasteiger partial charge in [0, 0.05) is 6.00 Å². The monoisotopic (exact) mass is 298 g/mol. The van der Waals surface area contributed by atoms with Crippen molar-refractivity contribution in [3.63, 3.8) is 0 Å². The molecule has 1 aromatic carbocycles. The molecule has 1 saturated heterocycles. The SMILES string of the molecule is [B]C1OC(CO)C(O)C1OS(=O)(=O)c1ccc(C)cc1. The van der Waals surface area contributed by atoms with Gasteiger partial charge in [-0.2, -0.15) is 8.42 Å². The van der Waals surface area contributed by atoms with Gasteiger partial charge in [-0.05, 0) is 19.1 Å². The third-order valence-electron chi connectivity index (χ3n) is 3.10. The van der Waals surface area contributed by atoms with Gasteiger partial charge in [0.1, 0.15) is 26.2 Å². The van der Waals surface area contributed by atoms with Crippen LogP contribution in [0.4, 0.5) is 0 Å². The van der Waals surface area contributed by atoms with E-state index < -0.39 is 41.0 Å². The summed E-state index contributed by atoms with van der Waals surface area (Å²) in [6.45, 7) is 1.35. The molecule has 2 N–H and O–H groups in total. The Morgan fingerprint density at radius 2 is 1.95 bits per heavy atom. The number of rotatable bonds is 4. The van der Waals surface area contributed by atoms with Gasteiger partial charge in [-0.15, -0.1) is 0 Å². The van der Waals surface area contributed by atoms with Crippen LogP contribution in [0.15, 0.2) is 29.2 Å². The van der Waals surface area contributed by atoms with Crippen LogP contribution in [0.3, 0.4) is 0 Å². The fourth-order valence-corrected chi connectivity index (χ4v) is 3.03. The highest BCUT2D eigenvalue weighted by Crippen LogP contribution is 2.26. The van der Waals surface area contributed by atoms with Crippen molar-refractivity contribution in [2.75, 3.05) is 6.61 Å². The van der Waals surface area contributed by atoms with Crippen LogP contribution in [0.25, 0.3) is 0 Å². The number of ether oxygens (including phenoxy) is 1. The lowest BCUT2D eigenvalue weighted by atomic mass is 9.93. The maximum atomic E-state index is 12.1. The molecule has 0 spiro atoms. The first-order valence-corrected chi connectivity index (χ1v) is 7.46. The zero-order chi connectivity index (χ0) is 14.9. The first kappa shape index (κ1) is 15.5. The molecule has 4 atom stereocenters. The average Bonchev–Trinajstić information content (AvgIpc) is 2.66. The first-order valence-electron chi connectivity index (χ1n) is 6.05. The molecule has 0 bridgehead atoms. The van der Waals surface area contributed by atoms with E-state index in [1.54, 1.807) is 12.1 Å². The summed E-state index contributed by atoms with van der Waals surface area (Å²) in [7, 11) is 1.50. The summed E-state index contributed by atoms with van der Waals surface area (Å²) < 4.78 is 34.1. The number of aryl methyl sites for hydroxylation is 1. The Balaban J connectivity index is 2.18.